The van der Waals surface area contributed by atoms with Gasteiger partial charge in [-0.25, -0.2) is 0 Å². The van der Waals surface area contributed by atoms with Crippen LogP contribution >= 0.6 is 0 Å². The molecule has 70 valence electrons. The minimum absolute atomic E-state index is 0.184. The summed E-state index contributed by atoms with van der Waals surface area (Å²) >= 11 is 0. The van der Waals surface area contributed by atoms with E-state index in [0.717, 1.165) is 5.56 Å². The Bertz CT molecular complexity index is 338. The van der Waals surface area contributed by atoms with E-state index < -0.39 is 11.9 Å². The van der Waals surface area contributed by atoms with Gasteiger partial charge < -0.3 is 16.5 Å². The Morgan fingerprint density at radius 3 is 2.69 bits per heavy atom. The summed E-state index contributed by atoms with van der Waals surface area (Å²) in [5.74, 6) is -0.550. The molecule has 1 rings (SSSR count). The molecule has 0 fully saturated rings. The lowest BCUT2D eigenvalue weighted by Crippen LogP contribution is -2.38. The van der Waals surface area contributed by atoms with Gasteiger partial charge in [0.2, 0.25) is 11.5 Å². The number of primary amides is 1. The molecule has 0 radical (unpaired) electrons. The zero-order valence-corrected chi connectivity index (χ0v) is 6.99. The van der Waals surface area contributed by atoms with Crippen LogP contribution in [0.25, 0.3) is 0 Å². The van der Waals surface area contributed by atoms with Crippen molar-refractivity contribution < 1.29 is 4.79 Å². The van der Waals surface area contributed by atoms with Gasteiger partial charge in [-0.15, -0.1) is 0 Å². The average molecular weight is 181 g/mol. The van der Waals surface area contributed by atoms with Crippen LogP contribution in [-0.2, 0) is 11.2 Å². The lowest BCUT2D eigenvalue weighted by Gasteiger charge is -2.05. The second kappa shape index (κ2) is 3.86. The van der Waals surface area contributed by atoms with Crippen LogP contribution in [0, 0.1) is 0 Å². The van der Waals surface area contributed by atoms with Crippen LogP contribution in [0.3, 0.4) is 0 Å². The molecule has 0 aliphatic heterocycles. The third kappa shape index (κ3) is 2.72. The van der Waals surface area contributed by atoms with Crippen LogP contribution in [0.15, 0.2) is 23.1 Å². The van der Waals surface area contributed by atoms with Crippen LogP contribution in [0.1, 0.15) is 5.56 Å². The number of pyridine rings is 1. The molecule has 1 aromatic rings. The normalized spacial score (nSPS) is 12.4. The number of amides is 1. The highest BCUT2D eigenvalue weighted by Gasteiger charge is 2.09. The van der Waals surface area contributed by atoms with E-state index >= 15 is 0 Å². The first-order valence-electron chi connectivity index (χ1n) is 3.82. The fourth-order valence-corrected chi connectivity index (χ4v) is 0.924. The predicted molar refractivity (Wildman–Crippen MR) is 47.9 cm³/mol. The van der Waals surface area contributed by atoms with Crippen molar-refractivity contribution in [2.24, 2.45) is 11.5 Å². The highest BCUT2D eigenvalue weighted by molar-refractivity contribution is 5.79. The maximum absolute atomic E-state index is 10.7. The van der Waals surface area contributed by atoms with E-state index in [4.69, 9.17) is 11.5 Å². The summed E-state index contributed by atoms with van der Waals surface area (Å²) in [7, 11) is 0. The van der Waals surface area contributed by atoms with E-state index in [1.54, 1.807) is 6.07 Å². The standard InChI is InChI=1S/C8H11N3O2/c9-6(8(10)13)3-5-1-2-7(12)11-4-5/h1-2,4,6H,3,9H2,(H2,10,13)(H,11,12)/t6-/m0/s1. The zero-order valence-electron chi connectivity index (χ0n) is 6.99. The Kier molecular flexibility index (Phi) is 2.81. The average Bonchev–Trinajstić information content (AvgIpc) is 2.08. The third-order valence-corrected chi connectivity index (χ3v) is 1.67. The van der Waals surface area contributed by atoms with Crippen molar-refractivity contribution in [3.8, 4) is 0 Å². The van der Waals surface area contributed by atoms with Crippen molar-refractivity contribution in [3.05, 3.63) is 34.2 Å². The van der Waals surface area contributed by atoms with E-state index in [1.807, 2.05) is 0 Å². The SMILES string of the molecule is NC(=O)[C@@H](N)Cc1ccc(=O)[nH]c1. The first kappa shape index (κ1) is 9.47. The Labute approximate surface area is 74.7 Å². The zero-order chi connectivity index (χ0) is 9.84. The Balaban J connectivity index is 2.70. The van der Waals surface area contributed by atoms with Crippen molar-refractivity contribution in [1.82, 2.24) is 4.98 Å². The highest BCUT2D eigenvalue weighted by Crippen LogP contribution is 1.97. The maximum atomic E-state index is 10.7. The van der Waals surface area contributed by atoms with Crippen LogP contribution in [0.2, 0.25) is 0 Å². The van der Waals surface area contributed by atoms with Crippen molar-refractivity contribution in [2.45, 2.75) is 12.5 Å². The molecule has 13 heavy (non-hydrogen) atoms. The van der Waals surface area contributed by atoms with E-state index in [-0.39, 0.29) is 5.56 Å². The molecule has 0 unspecified atom stereocenters. The van der Waals surface area contributed by atoms with Gasteiger partial charge in [0.05, 0.1) is 6.04 Å². The molecule has 1 amide bonds. The molecule has 5 N–H and O–H groups in total. The first-order chi connectivity index (χ1) is 6.09. The van der Waals surface area contributed by atoms with Gasteiger partial charge >= 0.3 is 0 Å². The van der Waals surface area contributed by atoms with Crippen molar-refractivity contribution >= 4 is 5.91 Å². The third-order valence-electron chi connectivity index (χ3n) is 1.67. The summed E-state index contributed by atoms with van der Waals surface area (Å²) in [5.41, 5.74) is 11.0. The molecular weight excluding hydrogens is 170 g/mol. The number of carbonyl (C=O) groups excluding carboxylic acids is 1. The van der Waals surface area contributed by atoms with Gasteiger partial charge in [-0.3, -0.25) is 9.59 Å². The minimum Gasteiger partial charge on any atom is -0.368 e. The van der Waals surface area contributed by atoms with Gasteiger partial charge in [-0.05, 0) is 12.0 Å². The number of hydrogen-bond donors (Lipinski definition) is 3. The number of H-pyrrole nitrogens is 1. The Morgan fingerprint density at radius 1 is 1.54 bits per heavy atom. The van der Waals surface area contributed by atoms with E-state index in [0.29, 0.717) is 6.42 Å². The summed E-state index contributed by atoms with van der Waals surface area (Å²) in [6.45, 7) is 0. The topological polar surface area (TPSA) is 102 Å². The fourth-order valence-electron chi connectivity index (χ4n) is 0.924. The van der Waals surface area contributed by atoms with Gasteiger partial charge in [0.1, 0.15) is 0 Å². The van der Waals surface area contributed by atoms with Gasteiger partial charge in [-0.2, -0.15) is 0 Å². The number of rotatable bonds is 3. The number of nitrogens with two attached hydrogens (primary N) is 2. The smallest absolute Gasteiger partial charge is 0.247 e. The number of nitrogens with one attached hydrogen (secondary N) is 1. The fraction of sp³-hybridized carbons (Fsp3) is 0.250. The molecule has 5 heteroatoms. The molecule has 1 atom stereocenters. The molecule has 0 aliphatic carbocycles. The molecule has 0 saturated carbocycles. The van der Waals surface area contributed by atoms with E-state index in [1.165, 1.54) is 12.3 Å². The summed E-state index contributed by atoms with van der Waals surface area (Å²) in [4.78, 5) is 23.7. The van der Waals surface area contributed by atoms with Crippen LogP contribution in [-0.4, -0.2) is 16.9 Å². The highest BCUT2D eigenvalue weighted by atomic mass is 16.1. The van der Waals surface area contributed by atoms with Gasteiger partial charge in [0.15, 0.2) is 0 Å². The van der Waals surface area contributed by atoms with Crippen molar-refractivity contribution in [2.75, 3.05) is 0 Å². The maximum Gasteiger partial charge on any atom is 0.247 e. The molecule has 5 nitrogen and oxygen atoms in total. The minimum atomic E-state index is -0.703. The largest absolute Gasteiger partial charge is 0.368 e. The summed E-state index contributed by atoms with van der Waals surface area (Å²) in [5, 5.41) is 0. The van der Waals surface area contributed by atoms with E-state index in [9.17, 15) is 9.59 Å². The Hall–Kier alpha value is -1.62. The number of aromatic nitrogens is 1. The molecule has 0 aromatic carbocycles. The molecule has 0 spiro atoms. The lowest BCUT2D eigenvalue weighted by atomic mass is 10.1. The Morgan fingerprint density at radius 2 is 2.23 bits per heavy atom. The van der Waals surface area contributed by atoms with Crippen LogP contribution < -0.4 is 17.0 Å². The molecule has 0 saturated heterocycles. The number of aromatic amines is 1. The van der Waals surface area contributed by atoms with Crippen molar-refractivity contribution in [3.63, 3.8) is 0 Å². The van der Waals surface area contributed by atoms with Gasteiger partial charge in [-0.1, -0.05) is 6.07 Å². The van der Waals surface area contributed by atoms with E-state index in [2.05, 4.69) is 4.98 Å². The van der Waals surface area contributed by atoms with Gasteiger partial charge in [0, 0.05) is 12.3 Å². The summed E-state index contributed by atoms with van der Waals surface area (Å²) in [6, 6.07) is 2.29. The molecule has 1 heterocycles. The molecule has 0 aliphatic rings. The monoisotopic (exact) mass is 181 g/mol. The second-order valence-corrected chi connectivity index (χ2v) is 2.77. The quantitative estimate of drug-likeness (QED) is 0.541. The van der Waals surface area contributed by atoms with Crippen molar-refractivity contribution in [1.29, 1.82) is 0 Å². The summed E-state index contributed by atoms with van der Waals surface area (Å²) in [6.07, 6.45) is 1.86. The first-order valence-corrected chi connectivity index (χ1v) is 3.82. The number of hydrogen-bond acceptors (Lipinski definition) is 3. The lowest BCUT2D eigenvalue weighted by molar-refractivity contribution is -0.119. The predicted octanol–water partition coefficient (Wildman–Crippen LogP) is -1.27. The van der Waals surface area contributed by atoms with Crippen LogP contribution in [0.4, 0.5) is 0 Å². The molecule has 0 bridgehead atoms. The summed E-state index contributed by atoms with van der Waals surface area (Å²) < 4.78 is 0. The molecular formula is C8H11N3O2. The van der Waals surface area contributed by atoms with Crippen LogP contribution in [0.5, 0.6) is 0 Å². The second-order valence-electron chi connectivity index (χ2n) is 2.77. The number of carbonyl (C=O) groups is 1. The molecule has 1 aromatic heterocycles. The van der Waals surface area contributed by atoms with Gasteiger partial charge in [0.25, 0.3) is 0 Å².